The number of Topliss-reactive ketones (excluding diaryl/α,β-unsaturated/α-hetero) is 1. The Bertz CT molecular complexity index is 388. The summed E-state index contributed by atoms with van der Waals surface area (Å²) >= 11 is 1.33. The third kappa shape index (κ3) is 1.78. The Kier molecular flexibility index (Phi) is 3.10. The Labute approximate surface area is 98.1 Å². The Balaban J connectivity index is 2.32. The number of rotatable bonds is 3. The molecule has 0 aliphatic heterocycles. The Morgan fingerprint density at radius 3 is 2.44 bits per heavy atom. The lowest BCUT2D eigenvalue weighted by atomic mass is 9.71. The van der Waals surface area contributed by atoms with Gasteiger partial charge in [-0.15, -0.1) is 11.3 Å². The molecule has 1 aromatic rings. The van der Waals surface area contributed by atoms with Crippen LogP contribution in [0.2, 0.25) is 0 Å². The largest absolute Gasteiger partial charge is 0.480 e. The summed E-state index contributed by atoms with van der Waals surface area (Å²) in [7, 11) is 0. The normalized spacial score (nSPS) is 19.2. The van der Waals surface area contributed by atoms with Crippen molar-refractivity contribution < 1.29 is 14.7 Å². The molecule has 16 heavy (non-hydrogen) atoms. The predicted octanol–water partition coefficient (Wildman–Crippen LogP) is 2.97. The second-order valence-corrected chi connectivity index (χ2v) is 5.20. The summed E-state index contributed by atoms with van der Waals surface area (Å²) in [6.45, 7) is 0. The van der Waals surface area contributed by atoms with Gasteiger partial charge in [-0.05, 0) is 24.3 Å². The van der Waals surface area contributed by atoms with Crippen LogP contribution in [-0.2, 0) is 4.79 Å². The van der Waals surface area contributed by atoms with Gasteiger partial charge in [0, 0.05) is 0 Å². The van der Waals surface area contributed by atoms with Crippen molar-refractivity contribution in [3.05, 3.63) is 22.4 Å². The Morgan fingerprint density at radius 1 is 1.25 bits per heavy atom. The van der Waals surface area contributed by atoms with Crippen LogP contribution in [0.3, 0.4) is 0 Å². The van der Waals surface area contributed by atoms with Crippen LogP contribution >= 0.6 is 11.3 Å². The van der Waals surface area contributed by atoms with E-state index < -0.39 is 11.4 Å². The van der Waals surface area contributed by atoms with Gasteiger partial charge in [-0.1, -0.05) is 25.3 Å². The number of carbonyl (C=O) groups is 2. The van der Waals surface area contributed by atoms with Crippen LogP contribution in [-0.4, -0.2) is 16.9 Å². The van der Waals surface area contributed by atoms with Crippen molar-refractivity contribution in [2.24, 2.45) is 5.41 Å². The standard InChI is InChI=1S/C12H14O3S/c13-10(9-5-4-8-16-9)12(11(14)15)6-2-1-3-7-12/h4-5,8H,1-3,6-7H2,(H,14,15). The zero-order valence-corrected chi connectivity index (χ0v) is 9.76. The lowest BCUT2D eigenvalue weighted by Crippen LogP contribution is -2.40. The lowest BCUT2D eigenvalue weighted by molar-refractivity contribution is -0.147. The number of ketones is 1. The summed E-state index contributed by atoms with van der Waals surface area (Å²) in [5, 5.41) is 11.2. The van der Waals surface area contributed by atoms with E-state index >= 15 is 0 Å². The van der Waals surface area contributed by atoms with Gasteiger partial charge in [-0.2, -0.15) is 0 Å². The SMILES string of the molecule is O=C(O)C1(C(=O)c2cccs2)CCCCC1. The second kappa shape index (κ2) is 4.37. The quantitative estimate of drug-likeness (QED) is 0.650. The van der Waals surface area contributed by atoms with Crippen LogP contribution < -0.4 is 0 Å². The second-order valence-electron chi connectivity index (χ2n) is 4.25. The highest BCUT2D eigenvalue weighted by molar-refractivity contribution is 7.12. The fraction of sp³-hybridized carbons (Fsp3) is 0.500. The molecule has 0 aromatic carbocycles. The summed E-state index contributed by atoms with van der Waals surface area (Å²) in [6, 6.07) is 3.50. The Hall–Kier alpha value is -1.16. The van der Waals surface area contributed by atoms with E-state index in [1.165, 1.54) is 11.3 Å². The van der Waals surface area contributed by atoms with Crippen LogP contribution in [0.25, 0.3) is 0 Å². The molecule has 1 N–H and O–H groups in total. The van der Waals surface area contributed by atoms with Gasteiger partial charge in [0.2, 0.25) is 0 Å². The van der Waals surface area contributed by atoms with Gasteiger partial charge < -0.3 is 5.11 Å². The average molecular weight is 238 g/mol. The fourth-order valence-electron chi connectivity index (χ4n) is 2.34. The average Bonchev–Trinajstić information content (AvgIpc) is 2.82. The highest BCUT2D eigenvalue weighted by Crippen LogP contribution is 2.40. The van der Waals surface area contributed by atoms with E-state index in [9.17, 15) is 14.7 Å². The van der Waals surface area contributed by atoms with Crippen molar-refractivity contribution in [3.8, 4) is 0 Å². The molecule has 1 heterocycles. The summed E-state index contributed by atoms with van der Waals surface area (Å²) in [6.07, 6.45) is 3.68. The third-order valence-corrected chi connectivity index (χ3v) is 4.16. The van der Waals surface area contributed by atoms with Gasteiger partial charge >= 0.3 is 5.97 Å². The van der Waals surface area contributed by atoms with Gasteiger partial charge in [0.25, 0.3) is 0 Å². The molecule has 1 aliphatic carbocycles. The predicted molar refractivity (Wildman–Crippen MR) is 61.8 cm³/mol. The van der Waals surface area contributed by atoms with E-state index in [4.69, 9.17) is 0 Å². The molecule has 1 fully saturated rings. The first-order chi connectivity index (χ1) is 7.67. The van der Waals surface area contributed by atoms with E-state index in [-0.39, 0.29) is 5.78 Å². The molecule has 86 valence electrons. The molecule has 2 rings (SSSR count). The van der Waals surface area contributed by atoms with Crippen LogP contribution in [0.4, 0.5) is 0 Å². The molecule has 1 saturated carbocycles. The van der Waals surface area contributed by atoms with Gasteiger partial charge in [0.05, 0.1) is 4.88 Å². The minimum absolute atomic E-state index is 0.199. The first-order valence-corrected chi connectivity index (χ1v) is 6.36. The third-order valence-electron chi connectivity index (χ3n) is 3.30. The van der Waals surface area contributed by atoms with E-state index in [0.717, 1.165) is 19.3 Å². The summed E-state index contributed by atoms with van der Waals surface area (Å²) in [4.78, 5) is 24.2. The maximum absolute atomic E-state index is 12.3. The molecule has 4 heteroatoms. The van der Waals surface area contributed by atoms with Crippen LogP contribution in [0.1, 0.15) is 41.8 Å². The van der Waals surface area contributed by atoms with Crippen molar-refractivity contribution in [2.75, 3.05) is 0 Å². The monoisotopic (exact) mass is 238 g/mol. The van der Waals surface area contributed by atoms with E-state index in [0.29, 0.717) is 17.7 Å². The van der Waals surface area contributed by atoms with Gasteiger partial charge in [0.1, 0.15) is 5.41 Å². The summed E-state index contributed by atoms with van der Waals surface area (Å²) in [5.74, 6) is -1.15. The first-order valence-electron chi connectivity index (χ1n) is 5.48. The minimum atomic E-state index is -1.15. The molecule has 1 aromatic heterocycles. The number of thiophene rings is 1. The van der Waals surface area contributed by atoms with Crippen LogP contribution in [0, 0.1) is 5.41 Å². The number of aliphatic carboxylic acids is 1. The fourth-order valence-corrected chi connectivity index (χ4v) is 3.10. The maximum atomic E-state index is 12.3. The highest BCUT2D eigenvalue weighted by Gasteiger charge is 2.47. The molecule has 0 saturated heterocycles. The Morgan fingerprint density at radius 2 is 1.94 bits per heavy atom. The maximum Gasteiger partial charge on any atom is 0.317 e. The minimum Gasteiger partial charge on any atom is -0.480 e. The highest BCUT2D eigenvalue weighted by atomic mass is 32.1. The number of hydrogen-bond acceptors (Lipinski definition) is 3. The first kappa shape index (κ1) is 11.3. The van der Waals surface area contributed by atoms with Gasteiger partial charge in [-0.3, -0.25) is 9.59 Å². The summed E-state index contributed by atoms with van der Waals surface area (Å²) in [5.41, 5.74) is -1.15. The van der Waals surface area contributed by atoms with E-state index in [1.807, 2.05) is 5.38 Å². The van der Waals surface area contributed by atoms with Crippen molar-refractivity contribution in [2.45, 2.75) is 32.1 Å². The molecule has 3 nitrogen and oxygen atoms in total. The van der Waals surface area contributed by atoms with Crippen molar-refractivity contribution in [1.82, 2.24) is 0 Å². The van der Waals surface area contributed by atoms with Gasteiger partial charge in [-0.25, -0.2) is 0 Å². The van der Waals surface area contributed by atoms with E-state index in [1.54, 1.807) is 12.1 Å². The van der Waals surface area contributed by atoms with Crippen molar-refractivity contribution >= 4 is 23.1 Å². The molecule has 0 amide bonds. The molecular weight excluding hydrogens is 224 g/mol. The van der Waals surface area contributed by atoms with Crippen molar-refractivity contribution in [1.29, 1.82) is 0 Å². The topological polar surface area (TPSA) is 54.4 Å². The number of carboxylic acids is 1. The number of hydrogen-bond donors (Lipinski definition) is 1. The molecule has 1 aliphatic rings. The lowest BCUT2D eigenvalue weighted by Gasteiger charge is -2.31. The zero-order chi connectivity index (χ0) is 11.6. The molecule has 0 unspecified atom stereocenters. The van der Waals surface area contributed by atoms with Crippen LogP contribution in [0.15, 0.2) is 17.5 Å². The molecule has 0 bridgehead atoms. The smallest absolute Gasteiger partial charge is 0.317 e. The van der Waals surface area contributed by atoms with Crippen LogP contribution in [0.5, 0.6) is 0 Å². The molecular formula is C12H14O3S. The number of carbonyl (C=O) groups excluding carboxylic acids is 1. The molecule has 0 atom stereocenters. The molecule has 0 spiro atoms. The number of carboxylic acid groups (broad SMARTS) is 1. The zero-order valence-electron chi connectivity index (χ0n) is 8.94. The summed E-state index contributed by atoms with van der Waals surface area (Å²) < 4.78 is 0. The van der Waals surface area contributed by atoms with Crippen molar-refractivity contribution in [3.63, 3.8) is 0 Å². The van der Waals surface area contributed by atoms with Gasteiger partial charge in [0.15, 0.2) is 5.78 Å². The van der Waals surface area contributed by atoms with E-state index in [2.05, 4.69) is 0 Å². The molecule has 0 radical (unpaired) electrons.